The molecule has 1 aromatic heterocycles. The quantitative estimate of drug-likeness (QED) is 0.680. The van der Waals surface area contributed by atoms with E-state index in [1.54, 1.807) is 0 Å². The fraction of sp³-hybridized carbons (Fsp3) is 0.615. The summed E-state index contributed by atoms with van der Waals surface area (Å²) in [6, 6.07) is 0.156. The van der Waals surface area contributed by atoms with Crippen LogP contribution in [-0.2, 0) is 4.74 Å². The molecule has 0 aromatic carbocycles. The molecule has 19 heavy (non-hydrogen) atoms. The molecule has 1 heterocycles. The predicted molar refractivity (Wildman–Crippen MR) is 76.0 cm³/mol. The van der Waals surface area contributed by atoms with Gasteiger partial charge in [-0.2, -0.15) is 0 Å². The Morgan fingerprint density at radius 1 is 1.37 bits per heavy atom. The summed E-state index contributed by atoms with van der Waals surface area (Å²) in [5.41, 5.74) is 0.136. The number of ether oxygens (including phenoxy) is 1. The Kier molecular flexibility index (Phi) is 4.68. The number of carbonyl (C=O) groups is 2. The van der Waals surface area contributed by atoms with Crippen molar-refractivity contribution in [2.24, 2.45) is 5.41 Å². The monoisotopic (exact) mass is 284 g/mol. The van der Waals surface area contributed by atoms with Crippen LogP contribution in [0.5, 0.6) is 0 Å². The first-order valence-electron chi connectivity index (χ1n) is 6.03. The maximum atomic E-state index is 11.6. The molecular weight excluding hydrogens is 264 g/mol. The lowest BCUT2D eigenvalue weighted by Gasteiger charge is -2.27. The van der Waals surface area contributed by atoms with Crippen LogP contribution in [-0.4, -0.2) is 29.9 Å². The summed E-state index contributed by atoms with van der Waals surface area (Å²) in [6.45, 7) is 9.76. The number of anilines is 1. The lowest BCUT2D eigenvalue weighted by Crippen LogP contribution is -2.30. The summed E-state index contributed by atoms with van der Waals surface area (Å²) in [6.07, 6.45) is 0. The first kappa shape index (κ1) is 15.6. The van der Waals surface area contributed by atoms with Gasteiger partial charge in [-0.25, -0.2) is 9.78 Å². The smallest absolute Gasteiger partial charge is 0.358 e. The molecule has 0 saturated heterocycles. The molecule has 0 aliphatic heterocycles. The molecule has 1 aromatic rings. The highest BCUT2D eigenvalue weighted by atomic mass is 32.1. The van der Waals surface area contributed by atoms with Crippen molar-refractivity contribution in [3.8, 4) is 0 Å². The van der Waals surface area contributed by atoms with Gasteiger partial charge in [0, 0.05) is 13.0 Å². The van der Waals surface area contributed by atoms with E-state index >= 15 is 0 Å². The molecule has 6 heteroatoms. The molecule has 0 amide bonds. The number of Topliss-reactive ketones (excluding diaryl/α,β-unsaturated/α-hetero) is 1. The van der Waals surface area contributed by atoms with Crippen LogP contribution in [0, 0.1) is 5.41 Å². The van der Waals surface area contributed by atoms with Gasteiger partial charge in [-0.3, -0.25) is 4.79 Å². The van der Waals surface area contributed by atoms with Gasteiger partial charge < -0.3 is 10.1 Å². The molecule has 106 valence electrons. The van der Waals surface area contributed by atoms with Crippen molar-refractivity contribution in [1.29, 1.82) is 0 Å². The fourth-order valence-electron chi connectivity index (χ4n) is 1.26. The zero-order valence-corrected chi connectivity index (χ0v) is 13.0. The van der Waals surface area contributed by atoms with Crippen LogP contribution in [0.1, 0.15) is 54.8 Å². The maximum absolute atomic E-state index is 11.6. The van der Waals surface area contributed by atoms with E-state index in [4.69, 9.17) is 0 Å². The molecule has 1 atom stereocenters. The highest BCUT2D eigenvalue weighted by Gasteiger charge is 2.25. The number of hydrogen-bond acceptors (Lipinski definition) is 6. The van der Waals surface area contributed by atoms with E-state index in [0.717, 1.165) is 0 Å². The third-order valence-electron chi connectivity index (χ3n) is 2.96. The second kappa shape index (κ2) is 5.69. The van der Waals surface area contributed by atoms with E-state index in [1.807, 2.05) is 6.92 Å². The zero-order chi connectivity index (χ0) is 14.8. The Morgan fingerprint density at radius 3 is 2.37 bits per heavy atom. The minimum Gasteiger partial charge on any atom is -0.464 e. The highest BCUT2D eigenvalue weighted by molar-refractivity contribution is 7.17. The molecule has 5 nitrogen and oxygen atoms in total. The number of hydrogen-bond donors (Lipinski definition) is 1. The average molecular weight is 284 g/mol. The van der Waals surface area contributed by atoms with Gasteiger partial charge in [-0.1, -0.05) is 32.1 Å². The molecule has 1 unspecified atom stereocenters. The number of carbonyl (C=O) groups excluding carboxylic acids is 2. The third kappa shape index (κ3) is 3.76. The number of ketones is 1. The van der Waals surface area contributed by atoms with Gasteiger partial charge in [0.25, 0.3) is 0 Å². The van der Waals surface area contributed by atoms with E-state index in [9.17, 15) is 9.59 Å². The van der Waals surface area contributed by atoms with Crippen LogP contribution in [0.3, 0.4) is 0 Å². The van der Waals surface area contributed by atoms with Crippen LogP contribution in [0.15, 0.2) is 0 Å². The Labute approximate surface area is 117 Å². The van der Waals surface area contributed by atoms with Crippen LogP contribution in [0.25, 0.3) is 0 Å². The zero-order valence-electron chi connectivity index (χ0n) is 12.2. The molecule has 0 aliphatic rings. The van der Waals surface area contributed by atoms with Crippen molar-refractivity contribution in [3.05, 3.63) is 10.6 Å². The van der Waals surface area contributed by atoms with Crippen molar-refractivity contribution in [2.75, 3.05) is 12.4 Å². The summed E-state index contributed by atoms with van der Waals surface area (Å²) in [7, 11) is 1.27. The molecule has 0 aliphatic carbocycles. The summed E-state index contributed by atoms with van der Waals surface area (Å²) in [5, 5.41) is 3.79. The van der Waals surface area contributed by atoms with E-state index in [1.165, 1.54) is 25.4 Å². The number of esters is 1. The second-order valence-electron chi connectivity index (χ2n) is 5.48. The van der Waals surface area contributed by atoms with Crippen molar-refractivity contribution < 1.29 is 14.3 Å². The van der Waals surface area contributed by atoms with Gasteiger partial charge in [0.2, 0.25) is 0 Å². The summed E-state index contributed by atoms with van der Waals surface area (Å²) in [5.74, 6) is -0.771. The van der Waals surface area contributed by atoms with Gasteiger partial charge in [0.05, 0.1) is 7.11 Å². The lowest BCUT2D eigenvalue weighted by molar-refractivity contribution is 0.0591. The average Bonchev–Trinajstić information content (AvgIpc) is 2.70. The first-order valence-corrected chi connectivity index (χ1v) is 6.85. The first-order chi connectivity index (χ1) is 8.66. The van der Waals surface area contributed by atoms with Gasteiger partial charge in [0.15, 0.2) is 16.6 Å². The topological polar surface area (TPSA) is 68.3 Å². The fourth-order valence-corrected chi connectivity index (χ4v) is 2.19. The number of thiazole rings is 1. The van der Waals surface area contributed by atoms with Crippen molar-refractivity contribution in [1.82, 2.24) is 4.98 Å². The van der Waals surface area contributed by atoms with Crippen LogP contribution < -0.4 is 5.32 Å². The molecule has 0 spiro atoms. The molecule has 1 N–H and O–H groups in total. The van der Waals surface area contributed by atoms with Crippen LogP contribution in [0.4, 0.5) is 5.13 Å². The van der Waals surface area contributed by atoms with Crippen molar-refractivity contribution in [3.63, 3.8) is 0 Å². The number of aromatic nitrogens is 1. The Morgan fingerprint density at radius 2 is 1.95 bits per heavy atom. The van der Waals surface area contributed by atoms with Crippen LogP contribution in [0.2, 0.25) is 0 Å². The summed E-state index contributed by atoms with van der Waals surface area (Å²) < 4.78 is 4.64. The molecule has 0 radical (unpaired) electrons. The highest BCUT2D eigenvalue weighted by Crippen LogP contribution is 2.28. The molecule has 0 bridgehead atoms. The Hall–Kier alpha value is -1.43. The van der Waals surface area contributed by atoms with Gasteiger partial charge in [-0.05, 0) is 12.3 Å². The van der Waals surface area contributed by atoms with E-state index in [0.29, 0.717) is 10.0 Å². The molecular formula is C13H20N2O3S. The van der Waals surface area contributed by atoms with E-state index < -0.39 is 5.97 Å². The predicted octanol–water partition coefficient (Wildman–Crippen LogP) is 2.98. The molecule has 1 rings (SSSR count). The number of nitrogens with one attached hydrogen (secondary N) is 1. The number of rotatable bonds is 4. The lowest BCUT2D eigenvalue weighted by atomic mass is 9.88. The number of methoxy groups -OCH3 is 1. The van der Waals surface area contributed by atoms with Gasteiger partial charge >= 0.3 is 5.97 Å². The SMILES string of the molecule is COC(=O)c1nc(NC(C)C(C)(C)C)sc1C(C)=O. The second-order valence-corrected chi connectivity index (χ2v) is 6.48. The van der Waals surface area contributed by atoms with E-state index in [2.05, 4.69) is 35.8 Å². The van der Waals surface area contributed by atoms with Crippen molar-refractivity contribution in [2.45, 2.75) is 40.7 Å². The summed E-state index contributed by atoms with van der Waals surface area (Å²) in [4.78, 5) is 27.6. The van der Waals surface area contributed by atoms with Gasteiger partial charge in [0.1, 0.15) is 4.88 Å². The Bertz CT molecular complexity index is 489. The van der Waals surface area contributed by atoms with Gasteiger partial charge in [-0.15, -0.1) is 0 Å². The van der Waals surface area contributed by atoms with Crippen LogP contribution >= 0.6 is 11.3 Å². The maximum Gasteiger partial charge on any atom is 0.358 e. The summed E-state index contributed by atoms with van der Waals surface area (Å²) >= 11 is 1.18. The standard InChI is InChI=1S/C13H20N2O3S/c1-7(16)10-9(11(17)18-6)15-12(19-10)14-8(2)13(3,4)5/h8H,1-6H3,(H,14,15). The minimum atomic E-state index is -0.585. The normalized spacial score (nSPS) is 12.9. The molecule has 0 saturated carbocycles. The molecule has 0 fully saturated rings. The third-order valence-corrected chi connectivity index (χ3v) is 4.05. The Balaban J connectivity index is 3.05. The number of nitrogens with zero attached hydrogens (tertiary/aromatic N) is 1. The minimum absolute atomic E-state index is 0.0491. The van der Waals surface area contributed by atoms with E-state index in [-0.39, 0.29) is 22.9 Å². The largest absolute Gasteiger partial charge is 0.464 e. The van der Waals surface area contributed by atoms with Crippen molar-refractivity contribution >= 4 is 28.2 Å².